The van der Waals surface area contributed by atoms with E-state index in [0.29, 0.717) is 21.4 Å². The highest BCUT2D eigenvalue weighted by Gasteiger charge is 2.22. The molecule has 7 heteroatoms. The number of nitrogens with two attached hydrogens (primary N) is 1. The van der Waals surface area contributed by atoms with Gasteiger partial charge in [-0.2, -0.15) is 9.49 Å². The fraction of sp³-hybridized carbons (Fsp3) is 0.250. The van der Waals surface area contributed by atoms with Crippen LogP contribution < -0.4 is 15.2 Å². The summed E-state index contributed by atoms with van der Waals surface area (Å²) in [5, 5.41) is 4.04. The topological polar surface area (TPSA) is 62.3 Å². The van der Waals surface area contributed by atoms with Crippen molar-refractivity contribution >= 4 is 21.7 Å². The molecular weight excluding hydrogens is 317 g/mol. The summed E-state index contributed by atoms with van der Waals surface area (Å²) in [7, 11) is 4.49. The SMILES string of the molecule is COc1c(Br)cc(-c2cnn(C)c2N)c(OC)c1F. The van der Waals surface area contributed by atoms with Gasteiger partial charge >= 0.3 is 0 Å². The van der Waals surface area contributed by atoms with Crippen molar-refractivity contribution in [3.8, 4) is 22.6 Å². The van der Waals surface area contributed by atoms with Crippen LogP contribution in [0.15, 0.2) is 16.7 Å². The molecule has 2 N–H and O–H groups in total. The van der Waals surface area contributed by atoms with E-state index < -0.39 is 5.82 Å². The number of methoxy groups -OCH3 is 2. The minimum atomic E-state index is -0.586. The Hall–Kier alpha value is -1.76. The first-order chi connectivity index (χ1) is 9.01. The number of rotatable bonds is 3. The number of ether oxygens (including phenoxy) is 2. The summed E-state index contributed by atoms with van der Waals surface area (Å²) in [6.45, 7) is 0. The predicted octanol–water partition coefficient (Wildman–Crippen LogP) is 2.59. The van der Waals surface area contributed by atoms with Gasteiger partial charge in [-0.3, -0.25) is 4.68 Å². The van der Waals surface area contributed by atoms with Crippen LogP contribution in [0.3, 0.4) is 0 Å². The van der Waals surface area contributed by atoms with E-state index >= 15 is 0 Å². The van der Waals surface area contributed by atoms with E-state index in [4.69, 9.17) is 15.2 Å². The lowest BCUT2D eigenvalue weighted by Gasteiger charge is -2.13. The zero-order valence-electron chi connectivity index (χ0n) is 10.7. The number of anilines is 1. The first kappa shape index (κ1) is 13.7. The smallest absolute Gasteiger partial charge is 0.208 e. The highest BCUT2D eigenvalue weighted by Crippen LogP contribution is 2.43. The molecule has 0 saturated heterocycles. The fourth-order valence-electron chi connectivity index (χ4n) is 1.83. The molecule has 102 valence electrons. The van der Waals surface area contributed by atoms with Crippen molar-refractivity contribution in [1.29, 1.82) is 0 Å². The monoisotopic (exact) mass is 329 g/mol. The molecule has 0 aliphatic rings. The van der Waals surface area contributed by atoms with Gasteiger partial charge in [0.25, 0.3) is 0 Å². The largest absolute Gasteiger partial charge is 0.493 e. The van der Waals surface area contributed by atoms with Crippen LogP contribution >= 0.6 is 15.9 Å². The van der Waals surface area contributed by atoms with Crippen molar-refractivity contribution in [1.82, 2.24) is 9.78 Å². The fourth-order valence-corrected chi connectivity index (χ4v) is 2.39. The third-order valence-electron chi connectivity index (χ3n) is 2.81. The second-order valence-electron chi connectivity index (χ2n) is 3.85. The Morgan fingerprint density at radius 2 is 1.89 bits per heavy atom. The van der Waals surface area contributed by atoms with Crippen molar-refractivity contribution in [2.75, 3.05) is 20.0 Å². The quantitative estimate of drug-likeness (QED) is 0.940. The summed E-state index contributed by atoms with van der Waals surface area (Å²) in [5.74, 6) is -0.00444. The van der Waals surface area contributed by atoms with Crippen LogP contribution in [0.5, 0.6) is 11.5 Å². The van der Waals surface area contributed by atoms with Gasteiger partial charge in [0.15, 0.2) is 11.5 Å². The number of hydrogen-bond acceptors (Lipinski definition) is 4. The lowest BCUT2D eigenvalue weighted by molar-refractivity contribution is 0.350. The van der Waals surface area contributed by atoms with E-state index in [0.717, 1.165) is 0 Å². The number of aryl methyl sites for hydroxylation is 1. The van der Waals surface area contributed by atoms with Crippen LogP contribution in [0.25, 0.3) is 11.1 Å². The molecule has 19 heavy (non-hydrogen) atoms. The Balaban J connectivity index is 2.74. The number of halogens is 2. The number of aromatic nitrogens is 2. The van der Waals surface area contributed by atoms with Gasteiger partial charge in [0.05, 0.1) is 24.9 Å². The first-order valence-electron chi connectivity index (χ1n) is 5.39. The summed E-state index contributed by atoms with van der Waals surface area (Å²) in [5.41, 5.74) is 7.02. The lowest BCUT2D eigenvalue weighted by Crippen LogP contribution is -2.00. The zero-order valence-corrected chi connectivity index (χ0v) is 12.3. The van der Waals surface area contributed by atoms with Crippen LogP contribution in [0.2, 0.25) is 0 Å². The van der Waals surface area contributed by atoms with Crippen LogP contribution in [0, 0.1) is 5.82 Å². The van der Waals surface area contributed by atoms with Gasteiger partial charge in [0.2, 0.25) is 5.82 Å². The Morgan fingerprint density at radius 3 is 2.37 bits per heavy atom. The summed E-state index contributed by atoms with van der Waals surface area (Å²) in [6.07, 6.45) is 1.56. The standard InChI is InChI=1S/C12H13BrFN3O2/c1-17-12(15)7(5-16-17)6-4-8(13)11(19-3)9(14)10(6)18-2/h4-5H,15H2,1-3H3. The molecule has 0 aliphatic heterocycles. The molecule has 1 heterocycles. The van der Waals surface area contributed by atoms with E-state index in [9.17, 15) is 4.39 Å². The second kappa shape index (κ2) is 5.08. The van der Waals surface area contributed by atoms with E-state index in [-0.39, 0.29) is 11.5 Å². The average Bonchev–Trinajstić information content (AvgIpc) is 2.70. The highest BCUT2D eigenvalue weighted by molar-refractivity contribution is 9.10. The van der Waals surface area contributed by atoms with Gasteiger partial charge in [-0.15, -0.1) is 0 Å². The number of hydrogen-bond donors (Lipinski definition) is 1. The summed E-state index contributed by atoms with van der Waals surface area (Å²) >= 11 is 3.26. The minimum Gasteiger partial charge on any atom is -0.493 e. The maximum absolute atomic E-state index is 14.3. The Labute approximate surface area is 118 Å². The molecule has 0 aliphatic carbocycles. The van der Waals surface area contributed by atoms with E-state index in [1.165, 1.54) is 18.9 Å². The molecular formula is C12H13BrFN3O2. The van der Waals surface area contributed by atoms with Gasteiger partial charge in [0, 0.05) is 18.2 Å². The van der Waals surface area contributed by atoms with Crippen LogP contribution in [0.4, 0.5) is 10.2 Å². The minimum absolute atomic E-state index is 0.0692. The summed E-state index contributed by atoms with van der Waals surface area (Å²) in [4.78, 5) is 0. The molecule has 2 aromatic rings. The molecule has 1 aromatic heterocycles. The summed E-state index contributed by atoms with van der Waals surface area (Å²) in [6, 6.07) is 1.69. The van der Waals surface area contributed by atoms with Crippen molar-refractivity contribution in [2.45, 2.75) is 0 Å². The van der Waals surface area contributed by atoms with Gasteiger partial charge in [-0.05, 0) is 22.0 Å². The number of nitrogens with zero attached hydrogens (tertiary/aromatic N) is 2. The normalized spacial score (nSPS) is 10.6. The number of nitrogen functional groups attached to an aromatic ring is 1. The average molecular weight is 330 g/mol. The molecule has 0 saturated carbocycles. The van der Waals surface area contributed by atoms with Crippen LogP contribution in [-0.2, 0) is 7.05 Å². The molecule has 0 radical (unpaired) electrons. The van der Waals surface area contributed by atoms with Gasteiger partial charge in [-0.25, -0.2) is 0 Å². The second-order valence-corrected chi connectivity index (χ2v) is 4.71. The van der Waals surface area contributed by atoms with Gasteiger partial charge in [0.1, 0.15) is 5.82 Å². The maximum atomic E-state index is 14.3. The first-order valence-corrected chi connectivity index (χ1v) is 6.18. The lowest BCUT2D eigenvalue weighted by atomic mass is 10.1. The molecule has 5 nitrogen and oxygen atoms in total. The zero-order chi connectivity index (χ0) is 14.2. The van der Waals surface area contributed by atoms with E-state index in [2.05, 4.69) is 21.0 Å². The molecule has 2 rings (SSSR count). The molecule has 0 bridgehead atoms. The highest BCUT2D eigenvalue weighted by atomic mass is 79.9. The molecule has 0 amide bonds. The van der Waals surface area contributed by atoms with Gasteiger partial charge < -0.3 is 15.2 Å². The van der Waals surface area contributed by atoms with Crippen molar-refractivity contribution in [3.63, 3.8) is 0 Å². The van der Waals surface area contributed by atoms with Crippen molar-refractivity contribution in [3.05, 3.63) is 22.6 Å². The Bertz CT molecular complexity index is 628. The molecule has 1 aromatic carbocycles. The van der Waals surface area contributed by atoms with Gasteiger partial charge in [-0.1, -0.05) is 0 Å². The van der Waals surface area contributed by atoms with Crippen molar-refractivity contribution < 1.29 is 13.9 Å². The van der Waals surface area contributed by atoms with E-state index in [1.807, 2.05) is 0 Å². The molecule has 0 fully saturated rings. The maximum Gasteiger partial charge on any atom is 0.208 e. The molecule has 0 atom stereocenters. The Morgan fingerprint density at radius 1 is 1.26 bits per heavy atom. The predicted molar refractivity (Wildman–Crippen MR) is 73.8 cm³/mol. The van der Waals surface area contributed by atoms with E-state index in [1.54, 1.807) is 19.3 Å². The number of benzene rings is 1. The third kappa shape index (κ3) is 2.14. The summed E-state index contributed by atoms with van der Waals surface area (Å²) < 4.78 is 26.4. The molecule has 0 spiro atoms. The molecule has 0 unspecified atom stereocenters. The Kier molecular flexibility index (Phi) is 3.66. The van der Waals surface area contributed by atoms with Crippen molar-refractivity contribution in [2.24, 2.45) is 7.05 Å². The van der Waals surface area contributed by atoms with Crippen LogP contribution in [0.1, 0.15) is 0 Å². The third-order valence-corrected chi connectivity index (χ3v) is 3.40. The van der Waals surface area contributed by atoms with Crippen LogP contribution in [-0.4, -0.2) is 24.0 Å².